The summed E-state index contributed by atoms with van der Waals surface area (Å²) >= 11 is 0. The molecule has 1 fully saturated rings. The van der Waals surface area contributed by atoms with E-state index in [2.05, 4.69) is 4.90 Å². The average Bonchev–Trinajstić information content (AvgIpc) is 2.38. The van der Waals surface area contributed by atoms with E-state index in [1.165, 1.54) is 25.3 Å². The highest BCUT2D eigenvalue weighted by Gasteiger charge is 2.14. The second kappa shape index (κ2) is 7.49. The van der Waals surface area contributed by atoms with Crippen LogP contribution in [0, 0.1) is 5.82 Å². The zero-order valence-electron chi connectivity index (χ0n) is 10.4. The zero-order chi connectivity index (χ0) is 12.1. The van der Waals surface area contributed by atoms with Crippen molar-refractivity contribution in [3.8, 4) is 0 Å². The van der Waals surface area contributed by atoms with Gasteiger partial charge in [-0.25, -0.2) is 4.39 Å². The molecule has 0 bridgehead atoms. The lowest BCUT2D eigenvalue weighted by atomic mass is 10.1. The van der Waals surface area contributed by atoms with E-state index in [9.17, 15) is 9.18 Å². The first-order valence-electron chi connectivity index (χ1n) is 6.27. The molecule has 100 valence electrons. The van der Waals surface area contributed by atoms with E-state index in [1.807, 2.05) is 0 Å². The number of piperidine rings is 1. The van der Waals surface area contributed by atoms with Gasteiger partial charge in [-0.1, -0.05) is 18.6 Å². The molecular formula is C14H19ClFNO. The third kappa shape index (κ3) is 4.07. The van der Waals surface area contributed by atoms with Gasteiger partial charge in [-0.05, 0) is 38.1 Å². The molecule has 1 aromatic carbocycles. The number of Topliss-reactive ketones (excluding diaryl/α,β-unsaturated/α-hetero) is 1. The van der Waals surface area contributed by atoms with Crippen LogP contribution in [0.3, 0.4) is 0 Å². The minimum absolute atomic E-state index is 0. The lowest BCUT2D eigenvalue weighted by Crippen LogP contribution is -2.31. The van der Waals surface area contributed by atoms with Crippen LogP contribution < -0.4 is 0 Å². The summed E-state index contributed by atoms with van der Waals surface area (Å²) < 4.78 is 13.4. The molecule has 1 aromatic rings. The van der Waals surface area contributed by atoms with Crippen molar-refractivity contribution in [1.82, 2.24) is 4.90 Å². The van der Waals surface area contributed by atoms with Crippen LogP contribution in [0.4, 0.5) is 4.39 Å². The molecule has 0 unspecified atom stereocenters. The Hall–Kier alpha value is -0.930. The highest BCUT2D eigenvalue weighted by molar-refractivity contribution is 5.96. The minimum atomic E-state index is -0.406. The van der Waals surface area contributed by atoms with E-state index in [0.29, 0.717) is 6.42 Å². The van der Waals surface area contributed by atoms with E-state index >= 15 is 0 Å². The van der Waals surface area contributed by atoms with Crippen LogP contribution in [-0.2, 0) is 0 Å². The number of halogens is 2. The maximum Gasteiger partial charge on any atom is 0.167 e. The summed E-state index contributed by atoms with van der Waals surface area (Å²) in [4.78, 5) is 14.1. The summed E-state index contributed by atoms with van der Waals surface area (Å²) in [6.45, 7) is 2.91. The molecule has 2 rings (SSSR count). The van der Waals surface area contributed by atoms with Crippen LogP contribution in [0.15, 0.2) is 24.3 Å². The van der Waals surface area contributed by atoms with Crippen molar-refractivity contribution in [2.45, 2.75) is 25.7 Å². The normalized spacial score (nSPS) is 16.1. The quantitative estimate of drug-likeness (QED) is 0.783. The number of nitrogens with zero attached hydrogens (tertiary/aromatic N) is 1. The molecule has 0 aliphatic carbocycles. The van der Waals surface area contributed by atoms with Crippen LogP contribution >= 0.6 is 12.4 Å². The highest BCUT2D eigenvalue weighted by atomic mass is 35.5. The Labute approximate surface area is 114 Å². The Morgan fingerprint density at radius 3 is 2.50 bits per heavy atom. The van der Waals surface area contributed by atoms with Gasteiger partial charge < -0.3 is 4.90 Å². The minimum Gasteiger partial charge on any atom is -0.303 e. The van der Waals surface area contributed by atoms with Gasteiger partial charge in [-0.15, -0.1) is 12.4 Å². The number of hydrogen-bond acceptors (Lipinski definition) is 2. The highest BCUT2D eigenvalue weighted by Crippen LogP contribution is 2.12. The molecular weight excluding hydrogens is 253 g/mol. The predicted octanol–water partition coefficient (Wildman–Crippen LogP) is 3.31. The number of likely N-dealkylation sites (tertiary alicyclic amines) is 1. The summed E-state index contributed by atoms with van der Waals surface area (Å²) in [5.74, 6) is -0.496. The molecule has 2 nitrogen and oxygen atoms in total. The van der Waals surface area contributed by atoms with Crippen molar-refractivity contribution < 1.29 is 9.18 Å². The second-order valence-electron chi connectivity index (χ2n) is 4.56. The summed E-state index contributed by atoms with van der Waals surface area (Å²) in [6.07, 6.45) is 4.14. The summed E-state index contributed by atoms with van der Waals surface area (Å²) in [7, 11) is 0. The number of hydrogen-bond donors (Lipinski definition) is 0. The van der Waals surface area contributed by atoms with Crippen molar-refractivity contribution in [3.63, 3.8) is 0 Å². The summed E-state index contributed by atoms with van der Waals surface area (Å²) in [5, 5.41) is 0. The Morgan fingerprint density at radius 2 is 1.83 bits per heavy atom. The van der Waals surface area contributed by atoms with Crippen molar-refractivity contribution in [3.05, 3.63) is 35.6 Å². The monoisotopic (exact) mass is 271 g/mol. The van der Waals surface area contributed by atoms with Crippen LogP contribution in [0.5, 0.6) is 0 Å². The Balaban J connectivity index is 0.00000162. The third-order valence-electron chi connectivity index (χ3n) is 3.28. The first-order valence-corrected chi connectivity index (χ1v) is 6.27. The fourth-order valence-corrected chi connectivity index (χ4v) is 2.26. The number of carbonyl (C=O) groups is 1. The van der Waals surface area contributed by atoms with Crippen LogP contribution in [0.2, 0.25) is 0 Å². The first kappa shape index (κ1) is 15.1. The molecule has 0 amide bonds. The van der Waals surface area contributed by atoms with Crippen molar-refractivity contribution >= 4 is 18.2 Å². The van der Waals surface area contributed by atoms with Crippen LogP contribution in [0.25, 0.3) is 0 Å². The standard InChI is InChI=1S/C14H18FNO.ClH/c15-13-7-3-2-6-12(13)14(17)8-11-16-9-4-1-5-10-16;/h2-3,6-7H,1,4-5,8-11H2;1H. The molecule has 0 spiro atoms. The SMILES string of the molecule is Cl.O=C(CCN1CCCCC1)c1ccccc1F. The smallest absolute Gasteiger partial charge is 0.167 e. The van der Waals surface area contributed by atoms with E-state index in [1.54, 1.807) is 18.2 Å². The second-order valence-corrected chi connectivity index (χ2v) is 4.56. The van der Waals surface area contributed by atoms with Crippen molar-refractivity contribution in [2.75, 3.05) is 19.6 Å². The number of rotatable bonds is 4. The molecule has 0 atom stereocenters. The van der Waals surface area contributed by atoms with Gasteiger partial charge >= 0.3 is 0 Å². The fraction of sp³-hybridized carbons (Fsp3) is 0.500. The molecule has 0 aromatic heterocycles. The van der Waals surface area contributed by atoms with Gasteiger partial charge in [0.05, 0.1) is 5.56 Å². The molecule has 1 aliphatic heterocycles. The first-order chi connectivity index (χ1) is 8.27. The van der Waals surface area contributed by atoms with Gasteiger partial charge in [0, 0.05) is 13.0 Å². The zero-order valence-corrected chi connectivity index (χ0v) is 11.2. The average molecular weight is 272 g/mol. The number of carbonyl (C=O) groups excluding carboxylic acids is 1. The summed E-state index contributed by atoms with van der Waals surface area (Å²) in [6, 6.07) is 6.22. The Kier molecular flexibility index (Phi) is 6.30. The number of ketones is 1. The maximum absolute atomic E-state index is 13.4. The Bertz CT molecular complexity index is 391. The van der Waals surface area contributed by atoms with Crippen LogP contribution in [-0.4, -0.2) is 30.3 Å². The van der Waals surface area contributed by atoms with Gasteiger partial charge in [-0.2, -0.15) is 0 Å². The van der Waals surface area contributed by atoms with Gasteiger partial charge in [0.2, 0.25) is 0 Å². The molecule has 4 heteroatoms. The molecule has 18 heavy (non-hydrogen) atoms. The van der Waals surface area contributed by atoms with E-state index in [0.717, 1.165) is 19.6 Å². The fourth-order valence-electron chi connectivity index (χ4n) is 2.26. The number of benzene rings is 1. The van der Waals surface area contributed by atoms with Gasteiger partial charge in [0.1, 0.15) is 5.82 Å². The van der Waals surface area contributed by atoms with Gasteiger partial charge in [-0.3, -0.25) is 4.79 Å². The predicted molar refractivity (Wildman–Crippen MR) is 72.9 cm³/mol. The van der Waals surface area contributed by atoms with Gasteiger partial charge in [0.15, 0.2) is 5.78 Å². The lowest BCUT2D eigenvalue weighted by Gasteiger charge is -2.25. The molecule has 0 radical (unpaired) electrons. The topological polar surface area (TPSA) is 20.3 Å². The maximum atomic E-state index is 13.4. The largest absolute Gasteiger partial charge is 0.303 e. The van der Waals surface area contributed by atoms with E-state index in [4.69, 9.17) is 0 Å². The van der Waals surface area contributed by atoms with Crippen molar-refractivity contribution in [1.29, 1.82) is 0 Å². The lowest BCUT2D eigenvalue weighted by molar-refractivity contribution is 0.0955. The van der Waals surface area contributed by atoms with Crippen molar-refractivity contribution in [2.24, 2.45) is 0 Å². The van der Waals surface area contributed by atoms with E-state index < -0.39 is 5.82 Å². The molecule has 1 saturated heterocycles. The van der Waals surface area contributed by atoms with Crippen LogP contribution in [0.1, 0.15) is 36.0 Å². The van der Waals surface area contributed by atoms with Gasteiger partial charge in [0.25, 0.3) is 0 Å². The van der Waals surface area contributed by atoms with E-state index in [-0.39, 0.29) is 23.8 Å². The summed E-state index contributed by atoms with van der Waals surface area (Å²) in [5.41, 5.74) is 0.226. The molecule has 0 N–H and O–H groups in total. The third-order valence-corrected chi connectivity index (χ3v) is 3.28. The molecule has 0 saturated carbocycles. The molecule has 1 heterocycles. The Morgan fingerprint density at radius 1 is 1.17 bits per heavy atom. The molecule has 1 aliphatic rings.